The molecule has 3 rings (SSSR count). The van der Waals surface area contributed by atoms with Crippen LogP contribution in [0.15, 0.2) is 30.5 Å². The zero-order chi connectivity index (χ0) is 19.8. The first kappa shape index (κ1) is 18.9. The second-order valence-electron chi connectivity index (χ2n) is 7.75. The average Bonchev–Trinajstić information content (AvgIpc) is 2.98. The van der Waals surface area contributed by atoms with E-state index in [0.29, 0.717) is 5.88 Å². The van der Waals surface area contributed by atoms with Crippen LogP contribution in [0.4, 0.5) is 4.79 Å². The number of fused-ring (bicyclic) bond motifs is 1. The fourth-order valence-corrected chi connectivity index (χ4v) is 3.26. The van der Waals surface area contributed by atoms with Crippen LogP contribution in [0.25, 0.3) is 10.8 Å². The van der Waals surface area contributed by atoms with Gasteiger partial charge in [-0.2, -0.15) is 0 Å². The molecule has 7 nitrogen and oxygen atoms in total. The van der Waals surface area contributed by atoms with Gasteiger partial charge in [0.2, 0.25) is 5.88 Å². The lowest BCUT2D eigenvalue weighted by molar-refractivity contribution is -0.142. The summed E-state index contributed by atoms with van der Waals surface area (Å²) in [6.07, 6.45) is 0.713. The number of hydrogen-bond donors (Lipinski definition) is 1. The smallest absolute Gasteiger partial charge is 0.411 e. The predicted molar refractivity (Wildman–Crippen MR) is 99.9 cm³/mol. The molecule has 1 N–H and O–H groups in total. The fourth-order valence-electron chi connectivity index (χ4n) is 3.26. The van der Waals surface area contributed by atoms with Crippen LogP contribution in [0.3, 0.4) is 0 Å². The maximum Gasteiger partial charge on any atom is 0.411 e. The SMILES string of the molecule is Cc1cccc2ccnc(OC3C[C@@H](C(=O)O)N(C(=O)OC(C)(C)C)C3)c12. The molecule has 1 aromatic carbocycles. The van der Waals surface area contributed by atoms with Gasteiger partial charge in [-0.05, 0) is 44.7 Å². The normalized spacial score (nSPS) is 19.9. The molecule has 1 aromatic heterocycles. The summed E-state index contributed by atoms with van der Waals surface area (Å²) in [5.41, 5.74) is 0.320. The van der Waals surface area contributed by atoms with E-state index in [-0.39, 0.29) is 13.0 Å². The third kappa shape index (κ3) is 4.13. The van der Waals surface area contributed by atoms with E-state index in [2.05, 4.69) is 4.98 Å². The van der Waals surface area contributed by atoms with Crippen molar-refractivity contribution < 1.29 is 24.2 Å². The predicted octanol–water partition coefficient (Wildman–Crippen LogP) is 3.38. The van der Waals surface area contributed by atoms with Gasteiger partial charge >= 0.3 is 12.1 Å². The highest BCUT2D eigenvalue weighted by Crippen LogP contribution is 2.30. The Morgan fingerprint density at radius 3 is 2.67 bits per heavy atom. The van der Waals surface area contributed by atoms with E-state index in [1.807, 2.05) is 31.2 Å². The van der Waals surface area contributed by atoms with Gasteiger partial charge in [-0.25, -0.2) is 14.6 Å². The van der Waals surface area contributed by atoms with E-state index < -0.39 is 29.8 Å². The number of carbonyl (C=O) groups is 2. The number of carbonyl (C=O) groups excluding carboxylic acids is 1. The lowest BCUT2D eigenvalue weighted by Gasteiger charge is -2.26. The summed E-state index contributed by atoms with van der Waals surface area (Å²) in [7, 11) is 0. The Kier molecular flexibility index (Phi) is 4.95. The van der Waals surface area contributed by atoms with Crippen LogP contribution in [0, 0.1) is 6.92 Å². The number of aryl methyl sites for hydroxylation is 1. The maximum atomic E-state index is 12.4. The van der Waals surface area contributed by atoms with Gasteiger partial charge in [0.05, 0.1) is 6.54 Å². The Hall–Kier alpha value is -2.83. The zero-order valence-corrected chi connectivity index (χ0v) is 15.9. The second kappa shape index (κ2) is 7.06. The van der Waals surface area contributed by atoms with Gasteiger partial charge in [0, 0.05) is 18.0 Å². The lowest BCUT2D eigenvalue weighted by Crippen LogP contribution is -2.43. The number of ether oxygens (including phenoxy) is 2. The number of rotatable bonds is 3. The lowest BCUT2D eigenvalue weighted by atomic mass is 10.1. The van der Waals surface area contributed by atoms with Gasteiger partial charge in [-0.1, -0.05) is 18.2 Å². The quantitative estimate of drug-likeness (QED) is 0.888. The van der Waals surface area contributed by atoms with Crippen molar-refractivity contribution >= 4 is 22.8 Å². The molecule has 1 aliphatic rings. The van der Waals surface area contributed by atoms with E-state index in [0.717, 1.165) is 16.3 Å². The van der Waals surface area contributed by atoms with Crippen molar-refractivity contribution in [2.24, 2.45) is 0 Å². The van der Waals surface area contributed by atoms with E-state index in [1.54, 1.807) is 27.0 Å². The Morgan fingerprint density at radius 1 is 1.26 bits per heavy atom. The van der Waals surface area contributed by atoms with Gasteiger partial charge in [0.15, 0.2) is 0 Å². The van der Waals surface area contributed by atoms with Crippen LogP contribution in [0.2, 0.25) is 0 Å². The Balaban J connectivity index is 1.83. The van der Waals surface area contributed by atoms with Gasteiger partial charge < -0.3 is 14.6 Å². The van der Waals surface area contributed by atoms with Crippen molar-refractivity contribution in [2.45, 2.75) is 51.9 Å². The molecular formula is C20H24N2O5. The number of amides is 1. The molecule has 0 radical (unpaired) electrons. The summed E-state index contributed by atoms with van der Waals surface area (Å²) in [5.74, 6) is -0.625. The van der Waals surface area contributed by atoms with Crippen LogP contribution >= 0.6 is 0 Å². The standard InChI is InChI=1S/C20H24N2O5/c1-12-6-5-7-13-8-9-21-17(16(12)13)26-14-10-15(18(23)24)22(11-14)19(25)27-20(2,3)4/h5-9,14-15H,10-11H2,1-4H3,(H,23,24)/t14?,15-/m0/s1. The summed E-state index contributed by atoms with van der Waals surface area (Å²) < 4.78 is 11.4. The van der Waals surface area contributed by atoms with Crippen LogP contribution < -0.4 is 4.74 Å². The largest absolute Gasteiger partial charge is 0.480 e. The van der Waals surface area contributed by atoms with E-state index in [9.17, 15) is 14.7 Å². The second-order valence-corrected chi connectivity index (χ2v) is 7.75. The molecule has 7 heteroatoms. The third-order valence-corrected chi connectivity index (χ3v) is 4.42. The van der Waals surface area contributed by atoms with Crippen LogP contribution in [-0.2, 0) is 9.53 Å². The van der Waals surface area contributed by atoms with Gasteiger partial charge in [-0.3, -0.25) is 4.90 Å². The number of pyridine rings is 1. The molecular weight excluding hydrogens is 348 g/mol. The van der Waals surface area contributed by atoms with Crippen molar-refractivity contribution in [1.82, 2.24) is 9.88 Å². The van der Waals surface area contributed by atoms with Gasteiger partial charge in [0.1, 0.15) is 17.7 Å². The van der Waals surface area contributed by atoms with E-state index >= 15 is 0 Å². The monoisotopic (exact) mass is 372 g/mol. The van der Waals surface area contributed by atoms with Crippen LogP contribution in [-0.4, -0.2) is 51.3 Å². The van der Waals surface area contributed by atoms with Gasteiger partial charge in [-0.15, -0.1) is 0 Å². The molecule has 1 saturated heterocycles. The van der Waals surface area contributed by atoms with Crippen molar-refractivity contribution in [3.63, 3.8) is 0 Å². The Morgan fingerprint density at radius 2 is 2.00 bits per heavy atom. The number of benzene rings is 1. The average molecular weight is 372 g/mol. The number of aliphatic carboxylic acids is 1. The number of nitrogens with zero attached hydrogens (tertiary/aromatic N) is 2. The van der Waals surface area contributed by atoms with E-state index in [4.69, 9.17) is 9.47 Å². The molecule has 2 heterocycles. The molecule has 1 aliphatic heterocycles. The van der Waals surface area contributed by atoms with Crippen molar-refractivity contribution in [2.75, 3.05) is 6.54 Å². The molecule has 0 bridgehead atoms. The highest BCUT2D eigenvalue weighted by molar-refractivity contribution is 5.89. The summed E-state index contributed by atoms with van der Waals surface area (Å²) in [6.45, 7) is 7.34. The minimum absolute atomic E-state index is 0.135. The Labute approximate surface area is 157 Å². The highest BCUT2D eigenvalue weighted by atomic mass is 16.6. The summed E-state index contributed by atoms with van der Waals surface area (Å²) in [4.78, 5) is 29.6. The molecule has 0 aliphatic carbocycles. The molecule has 0 spiro atoms. The molecule has 1 fully saturated rings. The summed E-state index contributed by atoms with van der Waals surface area (Å²) >= 11 is 0. The number of likely N-dealkylation sites (tertiary alicyclic amines) is 1. The third-order valence-electron chi connectivity index (χ3n) is 4.42. The van der Waals surface area contributed by atoms with Crippen LogP contribution in [0.5, 0.6) is 5.88 Å². The van der Waals surface area contributed by atoms with Crippen molar-refractivity contribution in [3.05, 3.63) is 36.0 Å². The highest BCUT2D eigenvalue weighted by Gasteiger charge is 2.43. The number of carboxylic acid groups (broad SMARTS) is 1. The molecule has 2 aromatic rings. The van der Waals surface area contributed by atoms with Crippen molar-refractivity contribution in [3.8, 4) is 5.88 Å². The topological polar surface area (TPSA) is 89.0 Å². The van der Waals surface area contributed by atoms with Gasteiger partial charge in [0.25, 0.3) is 0 Å². The first-order valence-electron chi connectivity index (χ1n) is 8.89. The Bertz CT molecular complexity index is 869. The minimum Gasteiger partial charge on any atom is -0.480 e. The first-order chi connectivity index (χ1) is 12.7. The van der Waals surface area contributed by atoms with E-state index in [1.165, 1.54) is 4.90 Å². The number of carboxylic acids is 1. The summed E-state index contributed by atoms with van der Waals surface area (Å²) in [5, 5.41) is 11.4. The number of aromatic nitrogens is 1. The fraction of sp³-hybridized carbons (Fsp3) is 0.450. The molecule has 0 saturated carbocycles. The van der Waals surface area contributed by atoms with Crippen molar-refractivity contribution in [1.29, 1.82) is 0 Å². The molecule has 1 unspecified atom stereocenters. The first-order valence-corrected chi connectivity index (χ1v) is 8.89. The maximum absolute atomic E-state index is 12.4. The molecule has 1 amide bonds. The molecule has 27 heavy (non-hydrogen) atoms. The number of hydrogen-bond acceptors (Lipinski definition) is 5. The van der Waals surface area contributed by atoms with Crippen LogP contribution in [0.1, 0.15) is 32.8 Å². The molecule has 144 valence electrons. The zero-order valence-electron chi connectivity index (χ0n) is 15.9. The summed E-state index contributed by atoms with van der Waals surface area (Å²) in [6, 6.07) is 6.82. The molecule has 2 atom stereocenters. The minimum atomic E-state index is -1.07.